The number of benzene rings is 2. The maximum Gasteiger partial charge on any atom is 0.241 e. The summed E-state index contributed by atoms with van der Waals surface area (Å²) in [5.74, 6) is 0. The number of morpholine rings is 1. The summed E-state index contributed by atoms with van der Waals surface area (Å²) < 4.78 is 35.0. The lowest BCUT2D eigenvalue weighted by Gasteiger charge is -2.31. The van der Waals surface area contributed by atoms with Gasteiger partial charge >= 0.3 is 0 Å². The molecule has 2 aromatic heterocycles. The Balaban J connectivity index is 1.39. The molecule has 0 radical (unpaired) electrons. The number of H-pyrrole nitrogens is 1. The third kappa shape index (κ3) is 4.84. The summed E-state index contributed by atoms with van der Waals surface area (Å²) in [5.41, 5.74) is 3.69. The van der Waals surface area contributed by atoms with Gasteiger partial charge in [-0.15, -0.1) is 0 Å². The topological polar surface area (TPSA) is 87.3 Å². The van der Waals surface area contributed by atoms with Gasteiger partial charge in [0.05, 0.1) is 24.2 Å². The Morgan fingerprint density at radius 3 is 2.52 bits per heavy atom. The Hall–Kier alpha value is -3.04. The fourth-order valence-electron chi connectivity index (χ4n) is 4.22. The van der Waals surface area contributed by atoms with E-state index in [0.29, 0.717) is 19.8 Å². The van der Waals surface area contributed by atoms with Gasteiger partial charge in [0.15, 0.2) is 0 Å². The van der Waals surface area contributed by atoms with Gasteiger partial charge in [-0.3, -0.25) is 4.90 Å². The van der Waals surface area contributed by atoms with Crippen LogP contribution in [0.5, 0.6) is 0 Å². The average molecular weight is 463 g/mol. The van der Waals surface area contributed by atoms with Crippen LogP contribution in [0.1, 0.15) is 11.6 Å². The van der Waals surface area contributed by atoms with E-state index in [2.05, 4.69) is 19.6 Å². The van der Waals surface area contributed by atoms with Crippen molar-refractivity contribution >= 4 is 21.1 Å². The molecule has 0 saturated carbocycles. The molecule has 1 atom stereocenters. The first-order valence-corrected chi connectivity index (χ1v) is 12.5. The number of aromatic amines is 1. The van der Waals surface area contributed by atoms with Crippen molar-refractivity contribution in [3.8, 4) is 11.1 Å². The molecule has 1 fully saturated rings. The molecule has 5 rings (SSSR count). The van der Waals surface area contributed by atoms with Gasteiger partial charge in [-0.2, -0.15) is 0 Å². The Morgan fingerprint density at radius 1 is 1.00 bits per heavy atom. The molecule has 0 aliphatic carbocycles. The first-order valence-electron chi connectivity index (χ1n) is 11.0. The van der Waals surface area contributed by atoms with Crippen molar-refractivity contribution in [3.05, 3.63) is 84.7 Å². The molecule has 2 aromatic carbocycles. The Bertz CT molecular complexity index is 1310. The SMILES string of the molecule is O=S(=O)(NC(CN1CCOCC1)c1ccccc1)c1ccc(-c2ccnc3[nH]ccc23)cc1. The summed E-state index contributed by atoms with van der Waals surface area (Å²) in [6, 6.07) is 20.3. The number of hydrogen-bond acceptors (Lipinski definition) is 5. The second kappa shape index (κ2) is 9.44. The van der Waals surface area contributed by atoms with Crippen LogP contribution in [0.25, 0.3) is 22.2 Å². The van der Waals surface area contributed by atoms with Gasteiger partial charge in [-0.05, 0) is 41.0 Å². The number of hydrogen-bond donors (Lipinski definition) is 2. The zero-order valence-corrected chi connectivity index (χ0v) is 19.0. The summed E-state index contributed by atoms with van der Waals surface area (Å²) in [5, 5.41) is 1.00. The van der Waals surface area contributed by atoms with E-state index in [9.17, 15) is 8.42 Å². The lowest BCUT2D eigenvalue weighted by Crippen LogP contribution is -2.43. The second-order valence-corrected chi connectivity index (χ2v) is 9.83. The Morgan fingerprint density at radius 2 is 1.76 bits per heavy atom. The summed E-state index contributed by atoms with van der Waals surface area (Å²) in [4.78, 5) is 9.91. The number of fused-ring (bicyclic) bond motifs is 1. The quantitative estimate of drug-likeness (QED) is 0.438. The number of pyridine rings is 1. The van der Waals surface area contributed by atoms with E-state index in [1.54, 1.807) is 18.3 Å². The molecule has 0 bridgehead atoms. The molecular weight excluding hydrogens is 436 g/mol. The number of nitrogens with one attached hydrogen (secondary N) is 2. The van der Waals surface area contributed by atoms with E-state index in [-0.39, 0.29) is 10.9 Å². The van der Waals surface area contributed by atoms with Crippen molar-refractivity contribution in [1.29, 1.82) is 0 Å². The minimum atomic E-state index is -3.72. The van der Waals surface area contributed by atoms with E-state index in [4.69, 9.17) is 4.74 Å². The van der Waals surface area contributed by atoms with Crippen LogP contribution in [-0.2, 0) is 14.8 Å². The number of rotatable bonds is 7. The van der Waals surface area contributed by atoms with Gasteiger partial charge in [0.25, 0.3) is 0 Å². The second-order valence-electron chi connectivity index (χ2n) is 8.12. The Kier molecular flexibility index (Phi) is 6.24. The van der Waals surface area contributed by atoms with Crippen molar-refractivity contribution < 1.29 is 13.2 Å². The molecule has 7 nitrogen and oxygen atoms in total. The first kappa shape index (κ1) is 21.8. The van der Waals surface area contributed by atoms with Crippen molar-refractivity contribution in [1.82, 2.24) is 19.6 Å². The van der Waals surface area contributed by atoms with E-state index in [0.717, 1.165) is 40.8 Å². The molecule has 2 N–H and O–H groups in total. The molecular formula is C25H26N4O3S. The molecule has 170 valence electrons. The van der Waals surface area contributed by atoms with Crippen LogP contribution < -0.4 is 4.72 Å². The predicted octanol–water partition coefficient (Wildman–Crippen LogP) is 3.58. The molecule has 33 heavy (non-hydrogen) atoms. The summed E-state index contributed by atoms with van der Waals surface area (Å²) in [6.45, 7) is 3.50. The van der Waals surface area contributed by atoms with Gasteiger partial charge in [0.1, 0.15) is 5.65 Å². The monoisotopic (exact) mass is 462 g/mol. The Labute approximate surface area is 193 Å². The highest BCUT2D eigenvalue weighted by molar-refractivity contribution is 7.89. The molecule has 1 aliphatic heterocycles. The molecule has 4 aromatic rings. The van der Waals surface area contributed by atoms with Gasteiger partial charge in [0, 0.05) is 37.4 Å². The van der Waals surface area contributed by atoms with Gasteiger partial charge in [0.2, 0.25) is 10.0 Å². The van der Waals surface area contributed by atoms with Crippen LogP contribution in [0.2, 0.25) is 0 Å². The molecule has 8 heteroatoms. The lowest BCUT2D eigenvalue weighted by molar-refractivity contribution is 0.0345. The largest absolute Gasteiger partial charge is 0.379 e. The third-order valence-corrected chi connectivity index (χ3v) is 7.47. The molecule has 1 unspecified atom stereocenters. The van der Waals surface area contributed by atoms with Crippen LogP contribution >= 0.6 is 0 Å². The number of aromatic nitrogens is 2. The molecule has 1 aliphatic rings. The summed E-state index contributed by atoms with van der Waals surface area (Å²) in [7, 11) is -3.72. The number of nitrogens with zero attached hydrogens (tertiary/aromatic N) is 2. The standard InChI is InChI=1S/C25H26N4O3S/c30-33(31,28-24(20-4-2-1-3-5-20)18-29-14-16-32-17-15-29)21-8-6-19(7-9-21)22-10-12-26-25-23(22)11-13-27-25/h1-13,24,28H,14-18H2,(H,26,27). The van der Waals surface area contributed by atoms with Gasteiger partial charge in [-0.1, -0.05) is 42.5 Å². The number of sulfonamides is 1. The van der Waals surface area contributed by atoms with E-state index in [1.807, 2.05) is 60.8 Å². The van der Waals surface area contributed by atoms with Crippen LogP contribution in [0.3, 0.4) is 0 Å². The maximum absolute atomic E-state index is 13.3. The van der Waals surface area contributed by atoms with Crippen molar-refractivity contribution in [2.45, 2.75) is 10.9 Å². The minimum absolute atomic E-state index is 0.244. The van der Waals surface area contributed by atoms with Crippen LogP contribution in [0.15, 0.2) is 84.0 Å². The third-order valence-electron chi connectivity index (χ3n) is 5.98. The molecule has 0 spiro atoms. The average Bonchev–Trinajstić information content (AvgIpc) is 3.34. The normalized spacial score (nSPS) is 16.1. The van der Waals surface area contributed by atoms with E-state index >= 15 is 0 Å². The molecule has 0 amide bonds. The van der Waals surface area contributed by atoms with E-state index < -0.39 is 10.0 Å². The van der Waals surface area contributed by atoms with E-state index in [1.165, 1.54) is 0 Å². The van der Waals surface area contributed by atoms with Gasteiger partial charge in [-0.25, -0.2) is 18.1 Å². The predicted molar refractivity (Wildman–Crippen MR) is 128 cm³/mol. The molecule has 1 saturated heterocycles. The summed E-state index contributed by atoms with van der Waals surface area (Å²) in [6.07, 6.45) is 3.60. The zero-order chi connectivity index (χ0) is 22.7. The minimum Gasteiger partial charge on any atom is -0.379 e. The van der Waals surface area contributed by atoms with Crippen LogP contribution in [-0.4, -0.2) is 56.1 Å². The maximum atomic E-state index is 13.3. The highest BCUT2D eigenvalue weighted by atomic mass is 32.2. The highest BCUT2D eigenvalue weighted by Crippen LogP contribution is 2.28. The zero-order valence-electron chi connectivity index (χ0n) is 18.1. The van der Waals surface area contributed by atoms with Crippen molar-refractivity contribution in [2.24, 2.45) is 0 Å². The lowest BCUT2D eigenvalue weighted by atomic mass is 10.0. The fraction of sp³-hybridized carbons (Fsp3) is 0.240. The van der Waals surface area contributed by atoms with Gasteiger partial charge < -0.3 is 9.72 Å². The smallest absolute Gasteiger partial charge is 0.241 e. The highest BCUT2D eigenvalue weighted by Gasteiger charge is 2.24. The van der Waals surface area contributed by atoms with Crippen LogP contribution in [0.4, 0.5) is 0 Å². The summed E-state index contributed by atoms with van der Waals surface area (Å²) >= 11 is 0. The first-order chi connectivity index (χ1) is 16.1. The fourth-order valence-corrected chi connectivity index (χ4v) is 5.44. The molecule has 3 heterocycles. The number of ether oxygens (including phenoxy) is 1. The van der Waals surface area contributed by atoms with Crippen LogP contribution in [0, 0.1) is 0 Å². The van der Waals surface area contributed by atoms with Crippen molar-refractivity contribution in [3.63, 3.8) is 0 Å². The van der Waals surface area contributed by atoms with Crippen molar-refractivity contribution in [2.75, 3.05) is 32.8 Å².